The molecule has 17 heavy (non-hydrogen) atoms. The van der Waals surface area contributed by atoms with Crippen molar-refractivity contribution in [2.75, 3.05) is 13.1 Å². The number of nitrogens with two attached hydrogens (primary N) is 1. The molecule has 0 aromatic carbocycles. The number of hydrogen-bond acceptors (Lipinski definition) is 2. The SMILES string of the molecule is CCCNC(N)=NCC(C)(C)c1cccs1.I. The zero-order chi connectivity index (χ0) is 12.0. The Bertz CT molecular complexity index is 334. The second kappa shape index (κ2) is 7.92. The summed E-state index contributed by atoms with van der Waals surface area (Å²) < 4.78 is 0. The van der Waals surface area contributed by atoms with Gasteiger partial charge < -0.3 is 11.1 Å². The lowest BCUT2D eigenvalue weighted by atomic mass is 9.92. The first-order chi connectivity index (χ1) is 7.56. The fraction of sp³-hybridized carbons (Fsp3) is 0.583. The lowest BCUT2D eigenvalue weighted by Gasteiger charge is -2.20. The number of rotatable bonds is 5. The van der Waals surface area contributed by atoms with Crippen LogP contribution in [0.2, 0.25) is 0 Å². The third-order valence-electron chi connectivity index (χ3n) is 2.39. The first kappa shape index (κ1) is 16.7. The Labute approximate surface area is 125 Å². The van der Waals surface area contributed by atoms with E-state index in [9.17, 15) is 0 Å². The van der Waals surface area contributed by atoms with Crippen molar-refractivity contribution >= 4 is 41.3 Å². The molecule has 0 bridgehead atoms. The maximum atomic E-state index is 5.76. The number of nitrogens with zero attached hydrogens (tertiary/aromatic N) is 1. The molecule has 0 fully saturated rings. The number of guanidine groups is 1. The summed E-state index contributed by atoms with van der Waals surface area (Å²) >= 11 is 1.77. The summed E-state index contributed by atoms with van der Waals surface area (Å²) in [4.78, 5) is 5.73. The number of hydrogen-bond donors (Lipinski definition) is 2. The molecule has 0 aliphatic carbocycles. The summed E-state index contributed by atoms with van der Waals surface area (Å²) in [6, 6.07) is 4.22. The monoisotopic (exact) mass is 367 g/mol. The van der Waals surface area contributed by atoms with Gasteiger partial charge in [-0.15, -0.1) is 35.3 Å². The Morgan fingerprint density at radius 3 is 2.76 bits per heavy atom. The minimum atomic E-state index is 0. The van der Waals surface area contributed by atoms with Crippen LogP contribution in [0.15, 0.2) is 22.5 Å². The Morgan fingerprint density at radius 2 is 2.24 bits per heavy atom. The van der Waals surface area contributed by atoms with Crippen LogP contribution >= 0.6 is 35.3 Å². The van der Waals surface area contributed by atoms with E-state index < -0.39 is 0 Å². The smallest absolute Gasteiger partial charge is 0.188 e. The van der Waals surface area contributed by atoms with Gasteiger partial charge in [-0.3, -0.25) is 4.99 Å². The quantitative estimate of drug-likeness (QED) is 0.478. The lowest BCUT2D eigenvalue weighted by Crippen LogP contribution is -2.34. The molecule has 1 rings (SSSR count). The molecule has 3 N–H and O–H groups in total. The Hall–Kier alpha value is -0.300. The van der Waals surface area contributed by atoms with E-state index in [0.717, 1.165) is 19.5 Å². The predicted molar refractivity (Wildman–Crippen MR) is 87.5 cm³/mol. The number of aliphatic imine (C=N–C) groups is 1. The maximum absolute atomic E-state index is 5.76. The molecule has 0 atom stereocenters. The van der Waals surface area contributed by atoms with Crippen molar-refractivity contribution in [3.63, 3.8) is 0 Å². The highest BCUT2D eigenvalue weighted by Crippen LogP contribution is 2.27. The molecule has 0 amide bonds. The minimum Gasteiger partial charge on any atom is -0.370 e. The molecule has 1 heterocycles. The highest BCUT2D eigenvalue weighted by atomic mass is 127. The van der Waals surface area contributed by atoms with Crippen molar-refractivity contribution in [3.05, 3.63) is 22.4 Å². The molecule has 0 aliphatic heterocycles. The Morgan fingerprint density at radius 1 is 1.53 bits per heavy atom. The highest BCUT2D eigenvalue weighted by Gasteiger charge is 2.21. The normalized spacial score (nSPS) is 12.1. The summed E-state index contributed by atoms with van der Waals surface area (Å²) in [6.45, 7) is 8.09. The van der Waals surface area contributed by atoms with E-state index in [4.69, 9.17) is 5.73 Å². The molecule has 1 aromatic rings. The topological polar surface area (TPSA) is 50.4 Å². The van der Waals surface area contributed by atoms with Gasteiger partial charge in [0.05, 0.1) is 6.54 Å². The number of nitrogens with one attached hydrogen (secondary N) is 1. The summed E-state index contributed by atoms with van der Waals surface area (Å²) in [6.07, 6.45) is 1.06. The van der Waals surface area contributed by atoms with E-state index in [-0.39, 0.29) is 29.4 Å². The minimum absolute atomic E-state index is 0. The van der Waals surface area contributed by atoms with E-state index in [0.29, 0.717) is 5.96 Å². The zero-order valence-corrected chi connectivity index (χ0v) is 13.8. The van der Waals surface area contributed by atoms with E-state index in [2.05, 4.69) is 48.6 Å². The molecule has 0 radical (unpaired) electrons. The van der Waals surface area contributed by atoms with Crippen molar-refractivity contribution in [1.82, 2.24) is 5.32 Å². The van der Waals surface area contributed by atoms with Crippen LogP contribution in [0.25, 0.3) is 0 Å². The summed E-state index contributed by atoms with van der Waals surface area (Å²) in [5, 5.41) is 5.18. The molecule has 3 nitrogen and oxygen atoms in total. The van der Waals surface area contributed by atoms with E-state index in [1.165, 1.54) is 4.88 Å². The first-order valence-electron chi connectivity index (χ1n) is 5.64. The van der Waals surface area contributed by atoms with Crippen LogP contribution in [0.4, 0.5) is 0 Å². The zero-order valence-electron chi connectivity index (χ0n) is 10.7. The molecule has 0 aliphatic rings. The van der Waals surface area contributed by atoms with Gasteiger partial charge in [-0.25, -0.2) is 0 Å². The molecule has 5 heteroatoms. The number of halogens is 1. The Balaban J connectivity index is 0.00000256. The largest absolute Gasteiger partial charge is 0.370 e. The lowest BCUT2D eigenvalue weighted by molar-refractivity contribution is 0.550. The summed E-state index contributed by atoms with van der Waals surface area (Å²) in [7, 11) is 0. The van der Waals surface area contributed by atoms with Crippen molar-refractivity contribution in [2.45, 2.75) is 32.6 Å². The van der Waals surface area contributed by atoms with Gasteiger partial charge in [0, 0.05) is 16.8 Å². The molecular formula is C12H22IN3S. The van der Waals surface area contributed by atoms with Gasteiger partial charge in [0.2, 0.25) is 0 Å². The maximum Gasteiger partial charge on any atom is 0.188 e. The average Bonchev–Trinajstić information content (AvgIpc) is 2.77. The van der Waals surface area contributed by atoms with Crippen LogP contribution in [0, 0.1) is 0 Å². The van der Waals surface area contributed by atoms with Gasteiger partial charge in [-0.05, 0) is 17.9 Å². The third kappa shape index (κ3) is 5.72. The fourth-order valence-electron chi connectivity index (χ4n) is 1.33. The van der Waals surface area contributed by atoms with E-state index in [1.807, 2.05) is 0 Å². The van der Waals surface area contributed by atoms with E-state index in [1.54, 1.807) is 11.3 Å². The van der Waals surface area contributed by atoms with Crippen LogP contribution in [-0.2, 0) is 5.41 Å². The number of thiophene rings is 1. The molecular weight excluding hydrogens is 345 g/mol. The predicted octanol–water partition coefficient (Wildman–Crippen LogP) is 2.96. The molecule has 0 saturated heterocycles. The summed E-state index contributed by atoms with van der Waals surface area (Å²) in [5.74, 6) is 0.548. The van der Waals surface area contributed by atoms with Crippen LogP contribution in [0.5, 0.6) is 0 Å². The fourth-order valence-corrected chi connectivity index (χ4v) is 2.18. The average molecular weight is 367 g/mol. The molecule has 0 spiro atoms. The Kier molecular flexibility index (Phi) is 7.78. The standard InChI is InChI=1S/C12H21N3S.HI/c1-4-7-14-11(13)15-9-12(2,3)10-6-5-8-16-10;/h5-6,8H,4,7,9H2,1-3H3,(H3,13,14,15);1H. The van der Waals surface area contributed by atoms with Gasteiger partial charge in [0.1, 0.15) is 0 Å². The second-order valence-corrected chi connectivity index (χ2v) is 5.44. The third-order valence-corrected chi connectivity index (χ3v) is 3.62. The van der Waals surface area contributed by atoms with Crippen LogP contribution in [0.3, 0.4) is 0 Å². The second-order valence-electron chi connectivity index (χ2n) is 4.49. The van der Waals surface area contributed by atoms with Gasteiger partial charge in [-0.1, -0.05) is 26.8 Å². The van der Waals surface area contributed by atoms with Crippen molar-refractivity contribution in [1.29, 1.82) is 0 Å². The van der Waals surface area contributed by atoms with Gasteiger partial charge in [-0.2, -0.15) is 0 Å². The van der Waals surface area contributed by atoms with Crippen molar-refractivity contribution in [2.24, 2.45) is 10.7 Å². The molecule has 98 valence electrons. The molecule has 0 unspecified atom stereocenters. The van der Waals surface area contributed by atoms with Gasteiger partial charge >= 0.3 is 0 Å². The molecule has 1 aromatic heterocycles. The van der Waals surface area contributed by atoms with Crippen LogP contribution < -0.4 is 11.1 Å². The van der Waals surface area contributed by atoms with Crippen LogP contribution in [-0.4, -0.2) is 19.0 Å². The van der Waals surface area contributed by atoms with Gasteiger partial charge in [0.15, 0.2) is 5.96 Å². The van der Waals surface area contributed by atoms with E-state index >= 15 is 0 Å². The first-order valence-corrected chi connectivity index (χ1v) is 6.52. The summed E-state index contributed by atoms with van der Waals surface area (Å²) in [5.41, 5.74) is 5.82. The molecule has 0 saturated carbocycles. The highest BCUT2D eigenvalue weighted by molar-refractivity contribution is 14.0. The van der Waals surface area contributed by atoms with Crippen molar-refractivity contribution < 1.29 is 0 Å². The van der Waals surface area contributed by atoms with Crippen molar-refractivity contribution in [3.8, 4) is 0 Å². The van der Waals surface area contributed by atoms with Crippen LogP contribution in [0.1, 0.15) is 32.1 Å². The van der Waals surface area contributed by atoms with Gasteiger partial charge in [0.25, 0.3) is 0 Å².